The first-order valence-electron chi connectivity index (χ1n) is 8.67. The van der Waals surface area contributed by atoms with Gasteiger partial charge in [-0.25, -0.2) is 0 Å². The van der Waals surface area contributed by atoms with Crippen LogP contribution < -0.4 is 15.5 Å². The zero-order valence-electron chi connectivity index (χ0n) is 14.5. The highest BCUT2D eigenvalue weighted by atomic mass is 16.2. The Labute approximate surface area is 143 Å². The molecular formula is C18H26N4O2. The van der Waals surface area contributed by atoms with Crippen LogP contribution in [0.3, 0.4) is 0 Å². The van der Waals surface area contributed by atoms with Crippen molar-refractivity contribution in [3.05, 3.63) is 23.8 Å². The number of carbonyl (C=O) groups excluding carboxylic acids is 2. The molecule has 1 atom stereocenters. The Bertz CT molecular complexity index is 629. The minimum absolute atomic E-state index is 0.00254. The molecule has 0 saturated carbocycles. The van der Waals surface area contributed by atoms with Crippen molar-refractivity contribution in [3.63, 3.8) is 0 Å². The Morgan fingerprint density at radius 2 is 2.21 bits per heavy atom. The Balaban J connectivity index is 1.79. The zero-order chi connectivity index (χ0) is 17.1. The highest BCUT2D eigenvalue weighted by Crippen LogP contribution is 2.30. The van der Waals surface area contributed by atoms with Gasteiger partial charge in [-0.3, -0.25) is 9.59 Å². The smallest absolute Gasteiger partial charge is 0.253 e. The highest BCUT2D eigenvalue weighted by Gasteiger charge is 2.25. The van der Waals surface area contributed by atoms with Crippen LogP contribution in [0.15, 0.2) is 18.2 Å². The molecule has 0 bridgehead atoms. The van der Waals surface area contributed by atoms with Crippen molar-refractivity contribution < 1.29 is 9.59 Å². The van der Waals surface area contributed by atoms with Crippen LogP contribution in [0.25, 0.3) is 0 Å². The van der Waals surface area contributed by atoms with E-state index < -0.39 is 0 Å². The Kier molecular flexibility index (Phi) is 5.04. The third-order valence-corrected chi connectivity index (χ3v) is 4.90. The summed E-state index contributed by atoms with van der Waals surface area (Å²) in [6.45, 7) is 3.23. The van der Waals surface area contributed by atoms with E-state index in [2.05, 4.69) is 10.6 Å². The molecular weight excluding hydrogens is 304 g/mol. The number of carbonyl (C=O) groups is 2. The van der Waals surface area contributed by atoms with Crippen LogP contribution >= 0.6 is 0 Å². The van der Waals surface area contributed by atoms with Crippen LogP contribution in [0.4, 0.5) is 11.4 Å². The first kappa shape index (κ1) is 16.8. The van der Waals surface area contributed by atoms with Crippen molar-refractivity contribution in [2.75, 3.05) is 50.5 Å². The van der Waals surface area contributed by atoms with E-state index in [4.69, 9.17) is 0 Å². The number of likely N-dealkylation sites (tertiary alicyclic amines) is 1. The van der Waals surface area contributed by atoms with Crippen LogP contribution in [0, 0.1) is 5.92 Å². The largest absolute Gasteiger partial charge is 0.372 e. The van der Waals surface area contributed by atoms with E-state index in [0.717, 1.165) is 43.9 Å². The van der Waals surface area contributed by atoms with Crippen molar-refractivity contribution in [1.29, 1.82) is 0 Å². The quantitative estimate of drug-likeness (QED) is 0.882. The molecule has 2 heterocycles. The fourth-order valence-electron chi connectivity index (χ4n) is 3.59. The fraction of sp³-hybridized carbons (Fsp3) is 0.556. The van der Waals surface area contributed by atoms with Crippen LogP contribution in [-0.4, -0.2) is 57.0 Å². The van der Waals surface area contributed by atoms with Crippen molar-refractivity contribution >= 4 is 23.2 Å². The SMILES string of the molecule is CNC[C@H]1CCCN(C(=O)c2ccc3c(c2)NC(=O)CCN3C)C1. The van der Waals surface area contributed by atoms with Crippen LogP contribution in [-0.2, 0) is 4.79 Å². The van der Waals surface area contributed by atoms with Gasteiger partial charge in [-0.15, -0.1) is 0 Å². The number of benzene rings is 1. The van der Waals surface area contributed by atoms with E-state index in [1.165, 1.54) is 0 Å². The van der Waals surface area contributed by atoms with E-state index in [1.54, 1.807) is 0 Å². The minimum atomic E-state index is -0.00254. The second-order valence-electron chi connectivity index (χ2n) is 6.77. The lowest BCUT2D eigenvalue weighted by molar-refractivity contribution is -0.115. The van der Waals surface area contributed by atoms with Gasteiger partial charge in [-0.1, -0.05) is 0 Å². The first-order valence-corrected chi connectivity index (χ1v) is 8.67. The molecule has 3 rings (SSSR count). The Hall–Kier alpha value is -2.08. The molecule has 24 heavy (non-hydrogen) atoms. The number of fused-ring (bicyclic) bond motifs is 1. The summed E-state index contributed by atoms with van der Waals surface area (Å²) in [5.41, 5.74) is 2.34. The summed E-state index contributed by atoms with van der Waals surface area (Å²) in [5.74, 6) is 0.566. The third kappa shape index (κ3) is 3.53. The number of hydrogen-bond donors (Lipinski definition) is 2. The lowest BCUT2D eigenvalue weighted by Gasteiger charge is -2.33. The number of anilines is 2. The molecule has 6 heteroatoms. The second-order valence-corrected chi connectivity index (χ2v) is 6.77. The molecule has 0 aromatic heterocycles. The van der Waals surface area contributed by atoms with Gasteiger partial charge in [-0.05, 0) is 50.6 Å². The van der Waals surface area contributed by atoms with E-state index in [9.17, 15) is 9.59 Å². The first-order chi connectivity index (χ1) is 11.6. The summed E-state index contributed by atoms with van der Waals surface area (Å²) in [6, 6.07) is 5.62. The number of piperidine rings is 1. The zero-order valence-corrected chi connectivity index (χ0v) is 14.5. The summed E-state index contributed by atoms with van der Waals surface area (Å²) < 4.78 is 0. The molecule has 2 aliphatic rings. The van der Waals surface area contributed by atoms with Crippen LogP contribution in [0.1, 0.15) is 29.6 Å². The molecule has 0 unspecified atom stereocenters. The van der Waals surface area contributed by atoms with Crippen LogP contribution in [0.2, 0.25) is 0 Å². The maximum absolute atomic E-state index is 12.9. The Morgan fingerprint density at radius 1 is 1.38 bits per heavy atom. The van der Waals surface area contributed by atoms with E-state index in [1.807, 2.05) is 42.1 Å². The molecule has 2 amide bonds. The maximum Gasteiger partial charge on any atom is 0.253 e. The monoisotopic (exact) mass is 330 g/mol. The van der Waals surface area contributed by atoms with E-state index >= 15 is 0 Å². The van der Waals surface area contributed by atoms with Gasteiger partial charge in [0, 0.05) is 38.7 Å². The van der Waals surface area contributed by atoms with E-state index in [-0.39, 0.29) is 11.8 Å². The summed E-state index contributed by atoms with van der Waals surface area (Å²) in [6.07, 6.45) is 2.67. The molecule has 0 radical (unpaired) electrons. The van der Waals surface area contributed by atoms with Crippen molar-refractivity contribution in [2.24, 2.45) is 5.92 Å². The molecule has 1 aromatic rings. The summed E-state index contributed by atoms with van der Waals surface area (Å²) >= 11 is 0. The normalized spacial score (nSPS) is 21.1. The lowest BCUT2D eigenvalue weighted by Crippen LogP contribution is -2.42. The van der Waals surface area contributed by atoms with Gasteiger partial charge in [0.25, 0.3) is 5.91 Å². The average molecular weight is 330 g/mol. The molecule has 1 saturated heterocycles. The lowest BCUT2D eigenvalue weighted by atomic mass is 9.97. The molecule has 1 fully saturated rings. The average Bonchev–Trinajstić information content (AvgIpc) is 2.73. The molecule has 0 spiro atoms. The molecule has 6 nitrogen and oxygen atoms in total. The molecule has 2 N–H and O–H groups in total. The number of hydrogen-bond acceptors (Lipinski definition) is 4. The van der Waals surface area contributed by atoms with Gasteiger partial charge >= 0.3 is 0 Å². The van der Waals surface area contributed by atoms with Gasteiger partial charge in [0.15, 0.2) is 0 Å². The van der Waals surface area contributed by atoms with E-state index in [0.29, 0.717) is 24.4 Å². The Morgan fingerprint density at radius 3 is 3.00 bits per heavy atom. The highest BCUT2D eigenvalue weighted by molar-refractivity contribution is 6.00. The number of amides is 2. The van der Waals surface area contributed by atoms with Crippen molar-refractivity contribution in [1.82, 2.24) is 10.2 Å². The number of nitrogens with zero attached hydrogens (tertiary/aromatic N) is 2. The van der Waals surface area contributed by atoms with Gasteiger partial charge in [0.1, 0.15) is 0 Å². The molecule has 2 aliphatic heterocycles. The van der Waals surface area contributed by atoms with Gasteiger partial charge in [0.2, 0.25) is 5.91 Å². The summed E-state index contributed by atoms with van der Waals surface area (Å²) in [5, 5.41) is 6.12. The molecule has 1 aromatic carbocycles. The topological polar surface area (TPSA) is 64.7 Å². The third-order valence-electron chi connectivity index (χ3n) is 4.90. The van der Waals surface area contributed by atoms with Gasteiger partial charge < -0.3 is 20.4 Å². The summed E-state index contributed by atoms with van der Waals surface area (Å²) in [4.78, 5) is 28.7. The standard InChI is InChI=1S/C18H26N4O2/c1-19-11-13-4-3-8-22(12-13)18(24)14-5-6-16-15(10-14)20-17(23)7-9-21(16)2/h5-6,10,13,19H,3-4,7-9,11-12H2,1-2H3,(H,20,23)/t13-/m1/s1. The predicted octanol–water partition coefficient (Wildman–Crippen LogP) is 1.54. The van der Waals surface area contributed by atoms with Crippen molar-refractivity contribution in [3.8, 4) is 0 Å². The number of rotatable bonds is 3. The number of nitrogens with one attached hydrogen (secondary N) is 2. The second kappa shape index (κ2) is 7.21. The van der Waals surface area contributed by atoms with Gasteiger partial charge in [0.05, 0.1) is 11.4 Å². The predicted molar refractivity (Wildman–Crippen MR) is 95.5 cm³/mol. The molecule has 0 aliphatic carbocycles. The van der Waals surface area contributed by atoms with Crippen molar-refractivity contribution in [2.45, 2.75) is 19.3 Å². The fourth-order valence-corrected chi connectivity index (χ4v) is 3.59. The summed E-state index contributed by atoms with van der Waals surface area (Å²) in [7, 11) is 3.92. The molecule has 130 valence electrons. The van der Waals surface area contributed by atoms with Gasteiger partial charge in [-0.2, -0.15) is 0 Å². The van der Waals surface area contributed by atoms with Crippen LogP contribution in [0.5, 0.6) is 0 Å². The maximum atomic E-state index is 12.9. The minimum Gasteiger partial charge on any atom is -0.372 e.